The monoisotopic (exact) mass is 348 g/mol. The highest BCUT2D eigenvalue weighted by molar-refractivity contribution is 5.78. The Morgan fingerprint density at radius 1 is 1.52 bits per heavy atom. The average molecular weight is 348 g/mol. The number of aromatic nitrogens is 1. The molecular formula is C16H16N2O7. The smallest absolute Gasteiger partial charge is 0.352 e. The Balaban J connectivity index is 2.18. The van der Waals surface area contributed by atoms with Gasteiger partial charge in [0.15, 0.2) is 0 Å². The Morgan fingerprint density at radius 2 is 2.24 bits per heavy atom. The van der Waals surface area contributed by atoms with E-state index in [0.717, 1.165) is 0 Å². The van der Waals surface area contributed by atoms with Gasteiger partial charge in [-0.3, -0.25) is 9.59 Å². The number of fused-ring (bicyclic) bond motifs is 2. The van der Waals surface area contributed by atoms with E-state index in [1.54, 1.807) is 13.0 Å². The van der Waals surface area contributed by atoms with E-state index in [1.807, 2.05) is 0 Å². The Labute approximate surface area is 142 Å². The highest BCUT2D eigenvalue weighted by Gasteiger charge is 2.46. The van der Waals surface area contributed by atoms with Crippen LogP contribution >= 0.6 is 0 Å². The zero-order valence-corrected chi connectivity index (χ0v) is 13.5. The maximum absolute atomic E-state index is 12.7. The molecule has 0 radical (unpaired) electrons. The van der Waals surface area contributed by atoms with Gasteiger partial charge in [-0.25, -0.2) is 4.79 Å². The van der Waals surface area contributed by atoms with E-state index < -0.39 is 23.4 Å². The van der Waals surface area contributed by atoms with Crippen molar-refractivity contribution in [3.05, 3.63) is 33.2 Å². The fourth-order valence-corrected chi connectivity index (χ4v) is 3.19. The molecule has 9 nitrogen and oxygen atoms in total. The SMILES string of the molecule is CCOC(=O)C(OC=O)c1cc2n(c(=O)c1C#N)CCC21OCCO1. The van der Waals surface area contributed by atoms with Gasteiger partial charge in [-0.2, -0.15) is 5.26 Å². The number of esters is 1. The number of pyridine rings is 1. The Hall–Kier alpha value is -2.70. The molecule has 1 saturated heterocycles. The molecule has 0 bridgehead atoms. The Bertz CT molecular complexity index is 802. The van der Waals surface area contributed by atoms with Crippen molar-refractivity contribution in [2.24, 2.45) is 0 Å². The predicted octanol–water partition coefficient (Wildman–Crippen LogP) is 0.100. The van der Waals surface area contributed by atoms with Crippen LogP contribution in [0, 0.1) is 11.3 Å². The summed E-state index contributed by atoms with van der Waals surface area (Å²) in [5.41, 5.74) is -0.508. The minimum Gasteiger partial charge on any atom is -0.463 e. The summed E-state index contributed by atoms with van der Waals surface area (Å²) in [6.07, 6.45) is -1.10. The zero-order chi connectivity index (χ0) is 18.0. The van der Waals surface area contributed by atoms with Gasteiger partial charge in [0.2, 0.25) is 11.9 Å². The number of hydrogen-bond donors (Lipinski definition) is 0. The van der Waals surface area contributed by atoms with Crippen LogP contribution in [-0.4, -0.2) is 36.8 Å². The van der Waals surface area contributed by atoms with Crippen LogP contribution in [-0.2, 0) is 40.9 Å². The lowest BCUT2D eigenvalue weighted by Crippen LogP contribution is -2.31. The third-order valence-electron chi connectivity index (χ3n) is 4.23. The summed E-state index contributed by atoms with van der Waals surface area (Å²) < 4.78 is 22.4. The lowest BCUT2D eigenvalue weighted by molar-refractivity contribution is -0.164. The third-order valence-corrected chi connectivity index (χ3v) is 4.23. The summed E-state index contributed by atoms with van der Waals surface area (Å²) >= 11 is 0. The van der Waals surface area contributed by atoms with Crippen molar-refractivity contribution in [3.8, 4) is 6.07 Å². The van der Waals surface area contributed by atoms with Crippen molar-refractivity contribution in [1.29, 1.82) is 5.26 Å². The third kappa shape index (κ3) is 2.69. The first kappa shape index (κ1) is 17.1. The van der Waals surface area contributed by atoms with Gasteiger partial charge in [0.1, 0.15) is 11.6 Å². The normalized spacial score (nSPS) is 18.4. The summed E-state index contributed by atoms with van der Waals surface area (Å²) in [6.45, 7) is 2.78. The maximum Gasteiger partial charge on any atom is 0.352 e. The zero-order valence-electron chi connectivity index (χ0n) is 13.5. The molecule has 9 heteroatoms. The van der Waals surface area contributed by atoms with Gasteiger partial charge in [0, 0.05) is 18.5 Å². The van der Waals surface area contributed by atoms with Gasteiger partial charge in [0.25, 0.3) is 12.0 Å². The second-order valence-corrected chi connectivity index (χ2v) is 5.49. The standard InChI is InChI=1S/C16H16N2O7/c1-2-22-15(21)13(23-9-19)10-7-12-16(24-5-6-25-16)3-4-18(12)14(20)11(10)8-17/h7,9,13H,2-6H2,1H3. The van der Waals surface area contributed by atoms with Crippen LogP contribution in [0.2, 0.25) is 0 Å². The van der Waals surface area contributed by atoms with E-state index in [-0.39, 0.29) is 24.2 Å². The number of hydrogen-bond acceptors (Lipinski definition) is 8. The van der Waals surface area contributed by atoms with Crippen molar-refractivity contribution in [1.82, 2.24) is 4.57 Å². The quantitative estimate of drug-likeness (QED) is 0.543. The molecule has 132 valence electrons. The highest BCUT2D eigenvalue weighted by Crippen LogP contribution is 2.40. The molecule has 3 heterocycles. The second kappa shape index (κ2) is 6.66. The summed E-state index contributed by atoms with van der Waals surface area (Å²) in [4.78, 5) is 35.6. The first-order chi connectivity index (χ1) is 12.1. The number of rotatable bonds is 5. The molecule has 0 saturated carbocycles. The van der Waals surface area contributed by atoms with Crippen LogP contribution in [0.3, 0.4) is 0 Å². The Morgan fingerprint density at radius 3 is 2.84 bits per heavy atom. The van der Waals surface area contributed by atoms with E-state index in [2.05, 4.69) is 0 Å². The largest absolute Gasteiger partial charge is 0.463 e. The van der Waals surface area contributed by atoms with Crippen molar-refractivity contribution in [3.63, 3.8) is 0 Å². The average Bonchev–Trinajstić information content (AvgIpc) is 3.22. The van der Waals surface area contributed by atoms with Crippen LogP contribution in [0.5, 0.6) is 0 Å². The van der Waals surface area contributed by atoms with Gasteiger partial charge in [-0.05, 0) is 13.0 Å². The van der Waals surface area contributed by atoms with E-state index in [0.29, 0.717) is 31.9 Å². The van der Waals surface area contributed by atoms with E-state index in [1.165, 1.54) is 10.6 Å². The van der Waals surface area contributed by atoms with Crippen molar-refractivity contribution >= 4 is 12.4 Å². The van der Waals surface area contributed by atoms with E-state index >= 15 is 0 Å². The maximum atomic E-state index is 12.7. The fraction of sp³-hybridized carbons (Fsp3) is 0.500. The molecule has 1 aromatic heterocycles. The number of nitrogens with zero attached hydrogens (tertiary/aromatic N) is 2. The number of carbonyl (C=O) groups excluding carboxylic acids is 2. The summed E-state index contributed by atoms with van der Waals surface area (Å²) in [5.74, 6) is -1.95. The van der Waals surface area contributed by atoms with Gasteiger partial charge >= 0.3 is 5.97 Å². The van der Waals surface area contributed by atoms with Crippen LogP contribution < -0.4 is 5.56 Å². The number of nitriles is 1. The second-order valence-electron chi connectivity index (χ2n) is 5.49. The number of carbonyl (C=O) groups is 2. The van der Waals surface area contributed by atoms with Crippen molar-refractivity contribution in [2.75, 3.05) is 19.8 Å². The van der Waals surface area contributed by atoms with E-state index in [4.69, 9.17) is 18.9 Å². The molecule has 0 amide bonds. The molecule has 1 atom stereocenters. The molecular weight excluding hydrogens is 332 g/mol. The molecule has 2 aliphatic rings. The lowest BCUT2D eigenvalue weighted by Gasteiger charge is -2.23. The molecule has 1 spiro atoms. The molecule has 25 heavy (non-hydrogen) atoms. The van der Waals surface area contributed by atoms with Gasteiger partial charge in [-0.15, -0.1) is 0 Å². The van der Waals surface area contributed by atoms with Crippen LogP contribution in [0.15, 0.2) is 10.9 Å². The molecule has 0 aromatic carbocycles. The minimum atomic E-state index is -1.51. The fourth-order valence-electron chi connectivity index (χ4n) is 3.19. The highest BCUT2D eigenvalue weighted by atomic mass is 16.7. The van der Waals surface area contributed by atoms with Gasteiger partial charge in [-0.1, -0.05) is 0 Å². The molecule has 1 aromatic rings. The lowest BCUT2D eigenvalue weighted by atomic mass is 10.0. The molecule has 2 aliphatic heterocycles. The minimum absolute atomic E-state index is 0.0373. The van der Waals surface area contributed by atoms with Crippen LogP contribution in [0.1, 0.15) is 36.3 Å². The van der Waals surface area contributed by atoms with Crippen LogP contribution in [0.25, 0.3) is 0 Å². The predicted molar refractivity (Wildman–Crippen MR) is 80.1 cm³/mol. The van der Waals surface area contributed by atoms with E-state index in [9.17, 15) is 19.6 Å². The summed E-state index contributed by atoms with van der Waals surface area (Å²) in [5, 5.41) is 9.39. The molecule has 3 rings (SSSR count). The Kier molecular flexibility index (Phi) is 4.57. The van der Waals surface area contributed by atoms with Gasteiger partial charge < -0.3 is 23.5 Å². The topological polar surface area (TPSA) is 117 Å². The van der Waals surface area contributed by atoms with Crippen molar-refractivity contribution < 1.29 is 28.5 Å². The first-order valence-electron chi connectivity index (χ1n) is 7.80. The first-order valence-corrected chi connectivity index (χ1v) is 7.80. The van der Waals surface area contributed by atoms with Crippen molar-refractivity contribution in [2.45, 2.75) is 31.8 Å². The molecule has 0 N–H and O–H groups in total. The van der Waals surface area contributed by atoms with Gasteiger partial charge in [0.05, 0.1) is 25.5 Å². The number of ether oxygens (including phenoxy) is 4. The summed E-state index contributed by atoms with van der Waals surface area (Å²) in [6, 6.07) is 3.24. The molecule has 1 fully saturated rings. The van der Waals surface area contributed by atoms with Crippen LogP contribution in [0.4, 0.5) is 0 Å². The molecule has 0 aliphatic carbocycles. The molecule has 1 unspecified atom stereocenters. The summed E-state index contributed by atoms with van der Waals surface area (Å²) in [7, 11) is 0.